The Kier molecular flexibility index (Phi) is 4.94. The zero-order valence-electron chi connectivity index (χ0n) is 11.3. The summed E-state index contributed by atoms with van der Waals surface area (Å²) in [5.41, 5.74) is 1.35. The van der Waals surface area contributed by atoms with Crippen LogP contribution in [0, 0.1) is 5.92 Å². The average molecular weight is 245 g/mol. The van der Waals surface area contributed by atoms with E-state index in [1.54, 1.807) is 0 Å². The summed E-state index contributed by atoms with van der Waals surface area (Å²) in [7, 11) is 0. The highest BCUT2D eigenvalue weighted by Gasteiger charge is 2.24. The molecule has 1 atom stereocenters. The summed E-state index contributed by atoms with van der Waals surface area (Å²) in [6, 6.07) is 10.5. The van der Waals surface area contributed by atoms with Crippen LogP contribution in [0.15, 0.2) is 30.3 Å². The predicted molar refractivity (Wildman–Crippen MR) is 74.4 cm³/mol. The van der Waals surface area contributed by atoms with Crippen LogP contribution in [0.5, 0.6) is 0 Å². The normalized spacial score (nSPS) is 20.8. The Labute approximate surface area is 110 Å². The molecule has 98 valence electrons. The van der Waals surface area contributed by atoms with E-state index in [0.29, 0.717) is 5.78 Å². The summed E-state index contributed by atoms with van der Waals surface area (Å²) in [5.74, 6) is 0.748. The summed E-state index contributed by atoms with van der Waals surface area (Å²) in [4.78, 5) is 14.4. The maximum absolute atomic E-state index is 12.0. The van der Waals surface area contributed by atoms with Crippen LogP contribution in [0.3, 0.4) is 0 Å². The number of carbonyl (C=O) groups excluding carboxylic acids is 1. The highest BCUT2D eigenvalue weighted by molar-refractivity contribution is 5.81. The number of piperidine rings is 1. The van der Waals surface area contributed by atoms with Gasteiger partial charge in [0.1, 0.15) is 5.78 Å². The van der Waals surface area contributed by atoms with Crippen molar-refractivity contribution in [3.8, 4) is 0 Å². The standard InChI is InChI=1S/C16H23NO/c1-2-7-16(18)15-10-6-11-17(13-15)12-14-8-4-3-5-9-14/h3-5,8-9,15H,2,6-7,10-13H2,1H3. The lowest BCUT2D eigenvalue weighted by Gasteiger charge is -2.32. The fourth-order valence-corrected chi connectivity index (χ4v) is 2.75. The lowest BCUT2D eigenvalue weighted by molar-refractivity contribution is -0.124. The number of nitrogens with zero attached hydrogens (tertiary/aromatic N) is 1. The zero-order chi connectivity index (χ0) is 12.8. The number of hydrogen-bond acceptors (Lipinski definition) is 2. The number of hydrogen-bond donors (Lipinski definition) is 0. The third-order valence-corrected chi connectivity index (χ3v) is 3.71. The Hall–Kier alpha value is -1.15. The maximum atomic E-state index is 12.0. The highest BCUT2D eigenvalue weighted by Crippen LogP contribution is 2.20. The van der Waals surface area contributed by atoms with E-state index in [1.807, 2.05) is 6.07 Å². The molecule has 0 radical (unpaired) electrons. The molecule has 1 saturated heterocycles. The first-order chi connectivity index (χ1) is 8.79. The number of Topliss-reactive ketones (excluding diaryl/α,β-unsaturated/α-hetero) is 1. The molecule has 0 aromatic heterocycles. The molecule has 0 saturated carbocycles. The van der Waals surface area contributed by atoms with Gasteiger partial charge in [0, 0.05) is 25.4 Å². The Morgan fingerprint density at radius 1 is 1.33 bits per heavy atom. The molecule has 0 N–H and O–H groups in total. The molecule has 0 spiro atoms. The van der Waals surface area contributed by atoms with Crippen molar-refractivity contribution < 1.29 is 4.79 Å². The Bertz CT molecular complexity index is 374. The van der Waals surface area contributed by atoms with Crippen LogP contribution in [-0.4, -0.2) is 23.8 Å². The van der Waals surface area contributed by atoms with Gasteiger partial charge in [0.25, 0.3) is 0 Å². The number of likely N-dealkylation sites (tertiary alicyclic amines) is 1. The minimum absolute atomic E-state index is 0.280. The summed E-state index contributed by atoms with van der Waals surface area (Å²) in [5, 5.41) is 0. The van der Waals surface area contributed by atoms with E-state index in [0.717, 1.165) is 45.3 Å². The fraction of sp³-hybridized carbons (Fsp3) is 0.562. The fourth-order valence-electron chi connectivity index (χ4n) is 2.75. The van der Waals surface area contributed by atoms with Gasteiger partial charge in [0.2, 0.25) is 0 Å². The lowest BCUT2D eigenvalue weighted by atomic mass is 9.91. The molecule has 2 nitrogen and oxygen atoms in total. The monoisotopic (exact) mass is 245 g/mol. The van der Waals surface area contributed by atoms with Crippen molar-refractivity contribution in [3.05, 3.63) is 35.9 Å². The summed E-state index contributed by atoms with van der Waals surface area (Å²) in [6.45, 7) is 5.15. The SMILES string of the molecule is CCCC(=O)C1CCCN(Cc2ccccc2)C1. The van der Waals surface area contributed by atoms with Gasteiger partial charge in [0.05, 0.1) is 0 Å². The molecule has 2 rings (SSSR count). The first-order valence-corrected chi connectivity index (χ1v) is 7.08. The second kappa shape index (κ2) is 6.69. The Morgan fingerprint density at radius 3 is 2.83 bits per heavy atom. The van der Waals surface area contributed by atoms with Gasteiger partial charge in [-0.05, 0) is 31.4 Å². The lowest BCUT2D eigenvalue weighted by Crippen LogP contribution is -2.38. The van der Waals surface area contributed by atoms with Crippen molar-refractivity contribution in [2.24, 2.45) is 5.92 Å². The van der Waals surface area contributed by atoms with E-state index in [-0.39, 0.29) is 5.92 Å². The first-order valence-electron chi connectivity index (χ1n) is 7.08. The summed E-state index contributed by atoms with van der Waals surface area (Å²) < 4.78 is 0. The van der Waals surface area contributed by atoms with Gasteiger partial charge < -0.3 is 0 Å². The molecule has 0 aliphatic carbocycles. The van der Waals surface area contributed by atoms with Crippen LogP contribution in [-0.2, 0) is 11.3 Å². The van der Waals surface area contributed by atoms with Gasteiger partial charge in [-0.2, -0.15) is 0 Å². The molecule has 1 aromatic carbocycles. The maximum Gasteiger partial charge on any atom is 0.137 e. The molecule has 2 heteroatoms. The molecule has 1 unspecified atom stereocenters. The summed E-state index contributed by atoms with van der Waals surface area (Å²) in [6.07, 6.45) is 3.98. The van der Waals surface area contributed by atoms with Crippen molar-refractivity contribution in [2.45, 2.75) is 39.2 Å². The minimum Gasteiger partial charge on any atom is -0.299 e. The van der Waals surface area contributed by atoms with Gasteiger partial charge >= 0.3 is 0 Å². The minimum atomic E-state index is 0.280. The second-order valence-corrected chi connectivity index (χ2v) is 5.28. The van der Waals surface area contributed by atoms with Crippen LogP contribution in [0.25, 0.3) is 0 Å². The second-order valence-electron chi connectivity index (χ2n) is 5.28. The van der Waals surface area contributed by atoms with Crippen LogP contribution in [0.4, 0.5) is 0 Å². The van der Waals surface area contributed by atoms with Crippen LogP contribution >= 0.6 is 0 Å². The van der Waals surface area contributed by atoms with E-state index in [9.17, 15) is 4.79 Å². The average Bonchev–Trinajstić information content (AvgIpc) is 2.40. The predicted octanol–water partition coefficient (Wildman–Crippen LogP) is 3.27. The van der Waals surface area contributed by atoms with E-state index in [4.69, 9.17) is 0 Å². The third kappa shape index (κ3) is 3.67. The molecular weight excluding hydrogens is 222 g/mol. The van der Waals surface area contributed by atoms with Crippen molar-refractivity contribution in [3.63, 3.8) is 0 Å². The number of ketones is 1. The number of rotatable bonds is 5. The summed E-state index contributed by atoms with van der Waals surface area (Å²) >= 11 is 0. The zero-order valence-corrected chi connectivity index (χ0v) is 11.3. The highest BCUT2D eigenvalue weighted by atomic mass is 16.1. The number of carbonyl (C=O) groups is 1. The van der Waals surface area contributed by atoms with Gasteiger partial charge in [-0.3, -0.25) is 9.69 Å². The molecule has 18 heavy (non-hydrogen) atoms. The van der Waals surface area contributed by atoms with E-state index >= 15 is 0 Å². The Balaban J connectivity index is 1.89. The topological polar surface area (TPSA) is 20.3 Å². The van der Waals surface area contributed by atoms with Crippen LogP contribution in [0.2, 0.25) is 0 Å². The largest absolute Gasteiger partial charge is 0.299 e. The molecule has 1 aromatic rings. The molecule has 1 aliphatic rings. The van der Waals surface area contributed by atoms with Gasteiger partial charge in [-0.1, -0.05) is 37.3 Å². The van der Waals surface area contributed by atoms with E-state index in [1.165, 1.54) is 5.56 Å². The molecule has 1 fully saturated rings. The third-order valence-electron chi connectivity index (χ3n) is 3.71. The smallest absolute Gasteiger partial charge is 0.137 e. The number of benzene rings is 1. The van der Waals surface area contributed by atoms with E-state index in [2.05, 4.69) is 36.1 Å². The first kappa shape index (κ1) is 13.3. The van der Waals surface area contributed by atoms with Gasteiger partial charge in [-0.15, -0.1) is 0 Å². The van der Waals surface area contributed by atoms with Gasteiger partial charge in [-0.25, -0.2) is 0 Å². The van der Waals surface area contributed by atoms with Crippen molar-refractivity contribution in [1.29, 1.82) is 0 Å². The van der Waals surface area contributed by atoms with Gasteiger partial charge in [0.15, 0.2) is 0 Å². The van der Waals surface area contributed by atoms with Crippen LogP contribution < -0.4 is 0 Å². The Morgan fingerprint density at radius 2 is 2.11 bits per heavy atom. The molecule has 1 heterocycles. The molecular formula is C16H23NO. The van der Waals surface area contributed by atoms with Crippen LogP contribution in [0.1, 0.15) is 38.2 Å². The van der Waals surface area contributed by atoms with E-state index < -0.39 is 0 Å². The molecule has 0 bridgehead atoms. The van der Waals surface area contributed by atoms with Crippen molar-refractivity contribution >= 4 is 5.78 Å². The van der Waals surface area contributed by atoms with Crippen molar-refractivity contribution in [1.82, 2.24) is 4.90 Å². The van der Waals surface area contributed by atoms with Crippen molar-refractivity contribution in [2.75, 3.05) is 13.1 Å². The molecule has 0 amide bonds. The quantitative estimate of drug-likeness (QED) is 0.793. The molecule has 1 aliphatic heterocycles.